The molecule has 1 aromatic heterocycles. The van der Waals surface area contributed by atoms with Gasteiger partial charge < -0.3 is 0 Å². The summed E-state index contributed by atoms with van der Waals surface area (Å²) in [7, 11) is 0. The summed E-state index contributed by atoms with van der Waals surface area (Å²) in [5, 5.41) is 7.71. The summed E-state index contributed by atoms with van der Waals surface area (Å²) < 4.78 is 12.8. The normalized spacial score (nSPS) is 15.2. The number of H-pyrrole nitrogens is 1. The van der Waals surface area contributed by atoms with Gasteiger partial charge in [0.1, 0.15) is 11.6 Å². The number of hydrogen-bond acceptors (Lipinski definition) is 4. The van der Waals surface area contributed by atoms with E-state index < -0.39 is 0 Å². The number of ketones is 1. The number of aryl methyl sites for hydroxylation is 1. The second kappa shape index (κ2) is 7.73. The first kappa shape index (κ1) is 16.2. The van der Waals surface area contributed by atoms with Crippen LogP contribution in [0.25, 0.3) is 0 Å². The maximum absolute atomic E-state index is 12.8. The Morgan fingerprint density at radius 1 is 1.26 bits per heavy atom. The Bertz CT molecular complexity index is 650. The summed E-state index contributed by atoms with van der Waals surface area (Å²) in [6.07, 6.45) is 7.46. The van der Waals surface area contributed by atoms with Gasteiger partial charge in [0.25, 0.3) is 0 Å². The third-order valence-corrected chi connectivity index (χ3v) is 5.12. The average Bonchev–Trinajstić information content (AvgIpc) is 3.23. The highest BCUT2D eigenvalue weighted by Crippen LogP contribution is 2.28. The van der Waals surface area contributed by atoms with E-state index in [1.807, 2.05) is 0 Å². The van der Waals surface area contributed by atoms with E-state index in [4.69, 9.17) is 0 Å². The Hall–Kier alpha value is -1.69. The van der Waals surface area contributed by atoms with Crippen molar-refractivity contribution < 1.29 is 9.18 Å². The van der Waals surface area contributed by atoms with Crippen molar-refractivity contribution in [1.29, 1.82) is 0 Å². The van der Waals surface area contributed by atoms with Crippen molar-refractivity contribution in [2.45, 2.75) is 43.7 Å². The lowest BCUT2D eigenvalue weighted by molar-refractivity contribution is 0.102. The summed E-state index contributed by atoms with van der Waals surface area (Å²) in [5.41, 5.74) is 0.510. The SMILES string of the molecule is O=C(CSc1n[nH]c(CCC2CCCC2)n1)c1ccc(F)cc1. The number of Topliss-reactive ketones (excluding diaryl/α,β-unsaturated/α-hetero) is 1. The molecule has 0 bridgehead atoms. The molecule has 0 spiro atoms. The Morgan fingerprint density at radius 2 is 2.00 bits per heavy atom. The van der Waals surface area contributed by atoms with Crippen LogP contribution in [0.4, 0.5) is 4.39 Å². The molecule has 0 saturated heterocycles. The molecule has 1 aliphatic carbocycles. The van der Waals surface area contributed by atoms with Gasteiger partial charge in [-0.1, -0.05) is 37.4 Å². The van der Waals surface area contributed by atoms with Crippen molar-refractivity contribution in [3.8, 4) is 0 Å². The highest BCUT2D eigenvalue weighted by molar-refractivity contribution is 7.99. The van der Waals surface area contributed by atoms with Crippen LogP contribution in [-0.4, -0.2) is 26.7 Å². The number of halogens is 1. The van der Waals surface area contributed by atoms with Crippen LogP contribution < -0.4 is 0 Å². The van der Waals surface area contributed by atoms with Crippen LogP contribution in [0.2, 0.25) is 0 Å². The Labute approximate surface area is 139 Å². The van der Waals surface area contributed by atoms with Gasteiger partial charge in [0.05, 0.1) is 5.75 Å². The lowest BCUT2D eigenvalue weighted by Crippen LogP contribution is -2.02. The summed E-state index contributed by atoms with van der Waals surface area (Å²) in [4.78, 5) is 16.5. The summed E-state index contributed by atoms with van der Waals surface area (Å²) in [5.74, 6) is 1.60. The zero-order valence-electron chi connectivity index (χ0n) is 12.9. The minimum absolute atomic E-state index is 0.0488. The maximum atomic E-state index is 12.8. The summed E-state index contributed by atoms with van der Waals surface area (Å²) >= 11 is 1.31. The van der Waals surface area contributed by atoms with E-state index in [0.29, 0.717) is 10.7 Å². The number of nitrogens with one attached hydrogen (secondary N) is 1. The van der Waals surface area contributed by atoms with Gasteiger partial charge in [0.15, 0.2) is 5.78 Å². The number of benzene rings is 1. The molecule has 3 rings (SSSR count). The van der Waals surface area contributed by atoms with Crippen LogP contribution in [0.3, 0.4) is 0 Å². The molecular formula is C17H20FN3OS. The van der Waals surface area contributed by atoms with Crippen molar-refractivity contribution in [3.63, 3.8) is 0 Å². The standard InChI is InChI=1S/C17H20FN3OS/c18-14-8-6-13(7-9-14)15(22)11-23-17-19-16(20-21-17)10-5-12-3-1-2-4-12/h6-9,12H,1-5,10-11H2,(H,19,20,21). The molecule has 1 heterocycles. The van der Waals surface area contributed by atoms with E-state index in [9.17, 15) is 9.18 Å². The first-order valence-corrected chi connectivity index (χ1v) is 9.02. The number of thioether (sulfide) groups is 1. The van der Waals surface area contributed by atoms with Gasteiger partial charge in [-0.3, -0.25) is 9.89 Å². The third-order valence-electron chi connectivity index (χ3n) is 4.27. The lowest BCUT2D eigenvalue weighted by Gasteiger charge is -2.05. The number of rotatable bonds is 7. The molecule has 6 heteroatoms. The van der Waals surface area contributed by atoms with Crippen molar-refractivity contribution in [2.24, 2.45) is 5.92 Å². The van der Waals surface area contributed by atoms with E-state index >= 15 is 0 Å². The molecule has 1 N–H and O–H groups in total. The molecule has 0 atom stereocenters. The molecule has 122 valence electrons. The maximum Gasteiger partial charge on any atom is 0.208 e. The summed E-state index contributed by atoms with van der Waals surface area (Å²) in [6, 6.07) is 5.60. The van der Waals surface area contributed by atoms with Crippen LogP contribution >= 0.6 is 11.8 Å². The third kappa shape index (κ3) is 4.64. The van der Waals surface area contributed by atoms with Gasteiger partial charge in [-0.15, -0.1) is 5.10 Å². The molecule has 0 aliphatic heterocycles. The van der Waals surface area contributed by atoms with E-state index in [1.165, 1.54) is 61.7 Å². The van der Waals surface area contributed by atoms with Crippen molar-refractivity contribution in [1.82, 2.24) is 15.2 Å². The Morgan fingerprint density at radius 3 is 2.74 bits per heavy atom. The molecule has 4 nitrogen and oxygen atoms in total. The van der Waals surface area contributed by atoms with Crippen LogP contribution in [-0.2, 0) is 6.42 Å². The molecule has 0 radical (unpaired) electrons. The zero-order valence-corrected chi connectivity index (χ0v) is 13.7. The topological polar surface area (TPSA) is 58.6 Å². The van der Waals surface area contributed by atoms with E-state index in [1.54, 1.807) is 0 Å². The molecule has 1 aromatic carbocycles. The number of carbonyl (C=O) groups excluding carboxylic acids is 1. The lowest BCUT2D eigenvalue weighted by atomic mass is 10.0. The van der Waals surface area contributed by atoms with E-state index in [0.717, 1.165) is 24.6 Å². The Kier molecular flexibility index (Phi) is 5.43. The van der Waals surface area contributed by atoms with Crippen LogP contribution in [0.5, 0.6) is 0 Å². The number of aromatic amines is 1. The molecule has 1 saturated carbocycles. The van der Waals surface area contributed by atoms with Gasteiger partial charge >= 0.3 is 0 Å². The first-order chi connectivity index (χ1) is 11.2. The molecule has 2 aromatic rings. The quantitative estimate of drug-likeness (QED) is 0.613. The minimum Gasteiger partial charge on any atom is -0.293 e. The van der Waals surface area contributed by atoms with Crippen LogP contribution in [0.1, 0.15) is 48.3 Å². The number of carbonyl (C=O) groups is 1. The second-order valence-corrected chi connectivity index (χ2v) is 6.92. The largest absolute Gasteiger partial charge is 0.293 e. The van der Waals surface area contributed by atoms with Crippen molar-refractivity contribution in [3.05, 3.63) is 41.5 Å². The van der Waals surface area contributed by atoms with Gasteiger partial charge in [-0.25, -0.2) is 9.37 Å². The predicted octanol–water partition coefficient (Wildman–Crippen LogP) is 4.04. The van der Waals surface area contributed by atoms with Crippen molar-refractivity contribution in [2.75, 3.05) is 5.75 Å². The van der Waals surface area contributed by atoms with Gasteiger partial charge in [-0.05, 0) is 36.6 Å². The monoisotopic (exact) mass is 333 g/mol. The smallest absolute Gasteiger partial charge is 0.208 e. The minimum atomic E-state index is -0.338. The molecule has 0 amide bonds. The summed E-state index contributed by atoms with van der Waals surface area (Å²) in [6.45, 7) is 0. The zero-order chi connectivity index (χ0) is 16.1. The Balaban J connectivity index is 1.46. The first-order valence-electron chi connectivity index (χ1n) is 8.03. The fraction of sp³-hybridized carbons (Fsp3) is 0.471. The average molecular weight is 333 g/mol. The van der Waals surface area contributed by atoms with Crippen molar-refractivity contribution >= 4 is 17.5 Å². The fourth-order valence-electron chi connectivity index (χ4n) is 2.94. The second-order valence-electron chi connectivity index (χ2n) is 5.97. The molecule has 1 fully saturated rings. The van der Waals surface area contributed by atoms with Crippen LogP contribution in [0, 0.1) is 11.7 Å². The number of aromatic nitrogens is 3. The molecular weight excluding hydrogens is 313 g/mol. The molecule has 0 unspecified atom stereocenters. The molecule has 23 heavy (non-hydrogen) atoms. The molecule has 1 aliphatic rings. The van der Waals surface area contributed by atoms with Gasteiger partial charge in [-0.2, -0.15) is 0 Å². The highest BCUT2D eigenvalue weighted by Gasteiger charge is 2.16. The number of hydrogen-bond donors (Lipinski definition) is 1. The van der Waals surface area contributed by atoms with Crippen LogP contribution in [0.15, 0.2) is 29.4 Å². The highest BCUT2D eigenvalue weighted by atomic mass is 32.2. The predicted molar refractivity (Wildman–Crippen MR) is 88.1 cm³/mol. The fourth-order valence-corrected chi connectivity index (χ4v) is 3.66. The van der Waals surface area contributed by atoms with E-state index in [-0.39, 0.29) is 17.4 Å². The van der Waals surface area contributed by atoms with Gasteiger partial charge in [0, 0.05) is 12.0 Å². The van der Waals surface area contributed by atoms with E-state index in [2.05, 4.69) is 15.2 Å². The number of nitrogens with zero attached hydrogens (tertiary/aromatic N) is 2. The van der Waals surface area contributed by atoms with Gasteiger partial charge in [0.2, 0.25) is 5.16 Å².